The molecule has 0 amide bonds. The van der Waals surface area contributed by atoms with Gasteiger partial charge in [-0.1, -0.05) is 42.0 Å². The first-order valence-electron chi connectivity index (χ1n) is 7.80. The Bertz CT molecular complexity index is 1030. The van der Waals surface area contributed by atoms with E-state index < -0.39 is 0 Å². The Labute approximate surface area is 135 Å². The highest BCUT2D eigenvalue weighted by Gasteiger charge is 2.17. The van der Waals surface area contributed by atoms with Gasteiger partial charge >= 0.3 is 0 Å². The summed E-state index contributed by atoms with van der Waals surface area (Å²) in [6, 6.07) is 14.7. The predicted molar refractivity (Wildman–Crippen MR) is 96.8 cm³/mol. The van der Waals surface area contributed by atoms with E-state index in [2.05, 4.69) is 51.1 Å². The van der Waals surface area contributed by atoms with Crippen molar-refractivity contribution >= 4 is 22.2 Å². The molecule has 0 atom stereocenters. The van der Waals surface area contributed by atoms with Crippen LogP contribution in [0.5, 0.6) is 0 Å². The summed E-state index contributed by atoms with van der Waals surface area (Å²) in [5, 5.41) is 2.30. The number of hydrogen-bond donors (Lipinski definition) is 1. The second-order valence-electron chi connectivity index (χ2n) is 6.22. The molecule has 0 fully saturated rings. The molecule has 114 valence electrons. The Morgan fingerprint density at radius 2 is 1.65 bits per heavy atom. The quantitative estimate of drug-likeness (QED) is 0.555. The molecule has 0 saturated heterocycles. The first kappa shape index (κ1) is 13.8. The van der Waals surface area contributed by atoms with E-state index in [0.717, 1.165) is 22.3 Å². The number of pyridine rings is 1. The summed E-state index contributed by atoms with van der Waals surface area (Å²) in [5.41, 5.74) is 13.0. The summed E-state index contributed by atoms with van der Waals surface area (Å²) in [5.74, 6) is 0.695. The molecule has 2 heterocycles. The summed E-state index contributed by atoms with van der Waals surface area (Å²) in [7, 11) is 0. The number of benzene rings is 2. The molecular weight excluding hydrogens is 282 g/mol. The number of rotatable bonds is 1. The second kappa shape index (κ2) is 4.85. The van der Waals surface area contributed by atoms with Gasteiger partial charge in [0.05, 0.1) is 0 Å². The maximum atomic E-state index is 6.44. The fourth-order valence-corrected chi connectivity index (χ4v) is 3.52. The Balaban J connectivity index is 2.10. The van der Waals surface area contributed by atoms with E-state index in [0.29, 0.717) is 5.82 Å². The van der Waals surface area contributed by atoms with Crippen LogP contribution in [0.4, 0.5) is 5.82 Å². The molecule has 23 heavy (non-hydrogen) atoms. The molecular formula is C20H19N3. The molecule has 2 aromatic carbocycles. The number of fused-ring (bicyclic) bond motifs is 3. The van der Waals surface area contributed by atoms with Crippen LogP contribution in [0.3, 0.4) is 0 Å². The van der Waals surface area contributed by atoms with Gasteiger partial charge in [0.2, 0.25) is 0 Å². The van der Waals surface area contributed by atoms with Crippen molar-refractivity contribution in [2.24, 2.45) is 0 Å². The summed E-state index contributed by atoms with van der Waals surface area (Å²) < 4.78 is 1.98. The van der Waals surface area contributed by atoms with Crippen LogP contribution in [0, 0.1) is 20.8 Å². The van der Waals surface area contributed by atoms with Crippen molar-refractivity contribution in [2.75, 3.05) is 5.73 Å². The smallest absolute Gasteiger partial charge is 0.147 e. The zero-order valence-corrected chi connectivity index (χ0v) is 13.6. The Morgan fingerprint density at radius 3 is 2.39 bits per heavy atom. The van der Waals surface area contributed by atoms with Gasteiger partial charge in [0.15, 0.2) is 0 Å². The SMILES string of the molecule is Cc1cc(C)c(-c2nc3c4ccccc4ccn3c2N)c(C)c1. The van der Waals surface area contributed by atoms with Crippen LogP contribution in [-0.4, -0.2) is 9.38 Å². The average Bonchev–Trinajstić information content (AvgIpc) is 2.84. The van der Waals surface area contributed by atoms with Gasteiger partial charge in [-0.2, -0.15) is 0 Å². The van der Waals surface area contributed by atoms with Gasteiger partial charge in [0, 0.05) is 17.1 Å². The number of imidazole rings is 1. The van der Waals surface area contributed by atoms with Crippen LogP contribution in [0.15, 0.2) is 48.7 Å². The fraction of sp³-hybridized carbons (Fsp3) is 0.150. The van der Waals surface area contributed by atoms with Gasteiger partial charge in [-0.3, -0.25) is 4.40 Å². The van der Waals surface area contributed by atoms with E-state index in [1.165, 1.54) is 22.1 Å². The van der Waals surface area contributed by atoms with Crippen LogP contribution in [-0.2, 0) is 0 Å². The van der Waals surface area contributed by atoms with Crippen molar-refractivity contribution in [2.45, 2.75) is 20.8 Å². The lowest BCUT2D eigenvalue weighted by molar-refractivity contribution is 1.21. The van der Waals surface area contributed by atoms with Crippen LogP contribution in [0.2, 0.25) is 0 Å². The molecule has 0 aliphatic heterocycles. The standard InChI is InChI=1S/C20H19N3/c1-12-10-13(2)17(14(3)11-12)18-19(21)23-9-8-15-6-4-5-7-16(15)20(23)22-18/h4-11H,21H2,1-3H3. The zero-order chi connectivity index (χ0) is 16.1. The molecule has 0 aliphatic rings. The highest BCUT2D eigenvalue weighted by Crippen LogP contribution is 2.34. The molecule has 0 bridgehead atoms. The normalized spacial score (nSPS) is 11.4. The second-order valence-corrected chi connectivity index (χ2v) is 6.22. The van der Waals surface area contributed by atoms with E-state index >= 15 is 0 Å². The van der Waals surface area contributed by atoms with Gasteiger partial charge < -0.3 is 5.73 Å². The minimum Gasteiger partial charge on any atom is -0.383 e. The van der Waals surface area contributed by atoms with Crippen molar-refractivity contribution < 1.29 is 0 Å². The van der Waals surface area contributed by atoms with Gasteiger partial charge in [-0.15, -0.1) is 0 Å². The van der Waals surface area contributed by atoms with Crippen molar-refractivity contribution in [1.82, 2.24) is 9.38 Å². The van der Waals surface area contributed by atoms with E-state index in [1.54, 1.807) is 0 Å². The molecule has 0 saturated carbocycles. The summed E-state index contributed by atoms with van der Waals surface area (Å²) in [4.78, 5) is 4.90. The van der Waals surface area contributed by atoms with Gasteiger partial charge in [0.1, 0.15) is 17.2 Å². The number of nitrogens with zero attached hydrogens (tertiary/aromatic N) is 2. The maximum absolute atomic E-state index is 6.44. The predicted octanol–water partition coefficient (Wildman–Crippen LogP) is 4.66. The number of anilines is 1. The van der Waals surface area contributed by atoms with Crippen molar-refractivity contribution in [3.8, 4) is 11.3 Å². The molecule has 2 N–H and O–H groups in total. The Morgan fingerprint density at radius 1 is 0.957 bits per heavy atom. The number of aryl methyl sites for hydroxylation is 3. The largest absolute Gasteiger partial charge is 0.383 e. The van der Waals surface area contributed by atoms with Crippen LogP contribution in [0.25, 0.3) is 27.7 Å². The summed E-state index contributed by atoms with van der Waals surface area (Å²) in [6.45, 7) is 6.36. The maximum Gasteiger partial charge on any atom is 0.147 e. The number of nitrogen functional groups attached to an aromatic ring is 1. The topological polar surface area (TPSA) is 43.3 Å². The number of hydrogen-bond acceptors (Lipinski definition) is 2. The third-order valence-electron chi connectivity index (χ3n) is 4.47. The molecule has 0 radical (unpaired) electrons. The minimum absolute atomic E-state index is 0.695. The fourth-order valence-electron chi connectivity index (χ4n) is 3.52. The summed E-state index contributed by atoms with van der Waals surface area (Å²) >= 11 is 0. The zero-order valence-electron chi connectivity index (χ0n) is 13.6. The number of aromatic nitrogens is 2. The van der Waals surface area contributed by atoms with Crippen molar-refractivity contribution in [3.05, 3.63) is 65.4 Å². The van der Waals surface area contributed by atoms with E-state index in [-0.39, 0.29) is 0 Å². The van der Waals surface area contributed by atoms with E-state index in [4.69, 9.17) is 10.7 Å². The highest BCUT2D eigenvalue weighted by atomic mass is 15.1. The minimum atomic E-state index is 0.695. The van der Waals surface area contributed by atoms with Crippen LogP contribution in [0.1, 0.15) is 16.7 Å². The molecule has 4 rings (SSSR count). The number of nitrogens with two attached hydrogens (primary N) is 1. The lowest BCUT2D eigenvalue weighted by atomic mass is 9.97. The average molecular weight is 301 g/mol. The molecule has 0 spiro atoms. The van der Waals surface area contributed by atoms with Crippen molar-refractivity contribution in [3.63, 3.8) is 0 Å². The van der Waals surface area contributed by atoms with E-state index in [1.807, 2.05) is 22.7 Å². The van der Waals surface area contributed by atoms with Gasteiger partial charge in [-0.05, 0) is 43.4 Å². The van der Waals surface area contributed by atoms with Gasteiger partial charge in [0.25, 0.3) is 0 Å². The third-order valence-corrected chi connectivity index (χ3v) is 4.47. The molecule has 3 heteroatoms. The Kier molecular flexibility index (Phi) is 2.91. The molecule has 2 aromatic heterocycles. The van der Waals surface area contributed by atoms with Gasteiger partial charge in [-0.25, -0.2) is 4.98 Å². The Hall–Kier alpha value is -2.81. The highest BCUT2D eigenvalue weighted by molar-refractivity contribution is 5.96. The van der Waals surface area contributed by atoms with Crippen LogP contribution >= 0.6 is 0 Å². The molecule has 0 aliphatic carbocycles. The lowest BCUT2D eigenvalue weighted by Crippen LogP contribution is -1.96. The molecule has 4 aromatic rings. The molecule has 0 unspecified atom stereocenters. The summed E-state index contributed by atoms with van der Waals surface area (Å²) in [6.07, 6.45) is 2.00. The first-order valence-corrected chi connectivity index (χ1v) is 7.80. The first-order chi connectivity index (χ1) is 11.1. The van der Waals surface area contributed by atoms with E-state index in [9.17, 15) is 0 Å². The van der Waals surface area contributed by atoms with Crippen LogP contribution < -0.4 is 5.73 Å². The third kappa shape index (κ3) is 2.00. The van der Waals surface area contributed by atoms with Crippen molar-refractivity contribution in [1.29, 1.82) is 0 Å². The monoisotopic (exact) mass is 301 g/mol. The lowest BCUT2D eigenvalue weighted by Gasteiger charge is -2.09. The molecule has 3 nitrogen and oxygen atoms in total.